The number of carbonyl (C=O) groups excluding carboxylic acids is 2. The van der Waals surface area contributed by atoms with E-state index in [9.17, 15) is 18.0 Å². The van der Waals surface area contributed by atoms with Crippen molar-refractivity contribution < 1.29 is 18.0 Å². The Morgan fingerprint density at radius 1 is 1.09 bits per heavy atom. The fraction of sp³-hybridized carbons (Fsp3) is 0.391. The molecule has 0 aliphatic carbocycles. The van der Waals surface area contributed by atoms with Gasteiger partial charge in [-0.25, -0.2) is 8.42 Å². The molecule has 0 aromatic heterocycles. The van der Waals surface area contributed by atoms with Gasteiger partial charge in [0, 0.05) is 22.1 Å². The van der Waals surface area contributed by atoms with Gasteiger partial charge in [-0.2, -0.15) is 0 Å². The van der Waals surface area contributed by atoms with Crippen LogP contribution in [-0.2, 0) is 26.2 Å². The lowest BCUT2D eigenvalue weighted by Gasteiger charge is -2.32. The molecule has 33 heavy (non-hydrogen) atoms. The number of rotatable bonds is 9. The Morgan fingerprint density at radius 3 is 2.24 bits per heavy atom. The highest BCUT2D eigenvalue weighted by molar-refractivity contribution is 9.10. The van der Waals surface area contributed by atoms with E-state index in [1.807, 2.05) is 38.1 Å². The van der Waals surface area contributed by atoms with E-state index in [0.717, 1.165) is 20.6 Å². The number of carbonyl (C=O) groups is 2. The van der Waals surface area contributed by atoms with Crippen LogP contribution in [0, 0.1) is 6.92 Å². The van der Waals surface area contributed by atoms with Crippen molar-refractivity contribution in [1.29, 1.82) is 0 Å². The fourth-order valence-corrected chi connectivity index (χ4v) is 4.57. The van der Waals surface area contributed by atoms with Crippen molar-refractivity contribution in [3.05, 3.63) is 63.1 Å². The Kier molecular flexibility index (Phi) is 9.34. The molecule has 0 heterocycles. The predicted octanol–water partition coefficient (Wildman–Crippen LogP) is 4.12. The summed E-state index contributed by atoms with van der Waals surface area (Å²) in [6.07, 6.45) is 1.04. The van der Waals surface area contributed by atoms with E-state index in [4.69, 9.17) is 11.6 Å². The van der Waals surface area contributed by atoms with Gasteiger partial charge in [-0.1, -0.05) is 45.7 Å². The minimum atomic E-state index is -3.81. The zero-order chi connectivity index (χ0) is 24.9. The van der Waals surface area contributed by atoms with Crippen molar-refractivity contribution in [2.24, 2.45) is 0 Å². The minimum Gasteiger partial charge on any atom is -0.352 e. The Hall–Kier alpha value is -2.10. The van der Waals surface area contributed by atoms with Crippen LogP contribution in [0.4, 0.5) is 5.69 Å². The number of nitrogens with zero attached hydrogens (tertiary/aromatic N) is 2. The second kappa shape index (κ2) is 11.4. The lowest BCUT2D eigenvalue weighted by Crippen LogP contribution is -2.52. The number of halogens is 2. The summed E-state index contributed by atoms with van der Waals surface area (Å²) < 4.78 is 27.2. The molecule has 0 spiro atoms. The lowest BCUT2D eigenvalue weighted by atomic mass is 10.1. The first-order valence-corrected chi connectivity index (χ1v) is 13.4. The molecule has 0 fully saturated rings. The van der Waals surface area contributed by atoms with Crippen LogP contribution in [0.2, 0.25) is 5.02 Å². The first-order valence-electron chi connectivity index (χ1n) is 10.4. The number of sulfonamides is 1. The van der Waals surface area contributed by atoms with Gasteiger partial charge in [-0.15, -0.1) is 0 Å². The maximum Gasteiger partial charge on any atom is 0.244 e. The van der Waals surface area contributed by atoms with Crippen molar-refractivity contribution >= 4 is 55.1 Å². The molecule has 0 aliphatic heterocycles. The maximum atomic E-state index is 13.5. The highest BCUT2D eigenvalue weighted by Crippen LogP contribution is 2.28. The van der Waals surface area contributed by atoms with Crippen molar-refractivity contribution in [3.63, 3.8) is 0 Å². The molecule has 0 aliphatic rings. The Morgan fingerprint density at radius 2 is 1.70 bits per heavy atom. The quantitative estimate of drug-likeness (QED) is 0.502. The van der Waals surface area contributed by atoms with Gasteiger partial charge in [-0.05, 0) is 63.1 Å². The van der Waals surface area contributed by atoms with Gasteiger partial charge >= 0.3 is 0 Å². The van der Waals surface area contributed by atoms with Crippen molar-refractivity contribution in [1.82, 2.24) is 10.2 Å². The second-order valence-corrected chi connectivity index (χ2v) is 11.4. The molecule has 0 radical (unpaired) electrons. The van der Waals surface area contributed by atoms with E-state index in [1.165, 1.54) is 4.90 Å². The third-order valence-electron chi connectivity index (χ3n) is 5.05. The molecule has 1 atom stereocenters. The Bertz CT molecular complexity index is 1110. The van der Waals surface area contributed by atoms with Crippen LogP contribution >= 0.6 is 27.5 Å². The molecule has 1 N–H and O–H groups in total. The largest absolute Gasteiger partial charge is 0.352 e. The zero-order valence-electron chi connectivity index (χ0n) is 19.3. The van der Waals surface area contributed by atoms with E-state index >= 15 is 0 Å². The number of hydrogen-bond donors (Lipinski definition) is 1. The van der Waals surface area contributed by atoms with Gasteiger partial charge in [0.2, 0.25) is 21.8 Å². The van der Waals surface area contributed by atoms with Crippen LogP contribution in [0.15, 0.2) is 46.9 Å². The van der Waals surface area contributed by atoms with Gasteiger partial charge in [0.25, 0.3) is 0 Å². The Balaban J connectivity index is 2.43. The molecule has 0 saturated carbocycles. The summed E-state index contributed by atoms with van der Waals surface area (Å²) >= 11 is 9.58. The second-order valence-electron chi connectivity index (χ2n) is 8.14. The van der Waals surface area contributed by atoms with Crippen molar-refractivity contribution in [2.75, 3.05) is 17.1 Å². The van der Waals surface area contributed by atoms with Crippen LogP contribution in [0.5, 0.6) is 0 Å². The van der Waals surface area contributed by atoms with Crippen molar-refractivity contribution in [3.8, 4) is 0 Å². The lowest BCUT2D eigenvalue weighted by molar-refractivity contribution is -0.139. The monoisotopic (exact) mass is 557 g/mol. The molecular formula is C23H29BrClN3O4S. The predicted molar refractivity (Wildman–Crippen MR) is 136 cm³/mol. The molecule has 2 aromatic rings. The number of nitrogens with one attached hydrogen (secondary N) is 1. The minimum absolute atomic E-state index is 0.105. The third kappa shape index (κ3) is 7.45. The first kappa shape index (κ1) is 27.1. The molecule has 180 valence electrons. The van der Waals surface area contributed by atoms with Crippen LogP contribution in [0.25, 0.3) is 0 Å². The van der Waals surface area contributed by atoms with Crippen LogP contribution < -0.4 is 9.62 Å². The Labute approximate surface area is 209 Å². The summed E-state index contributed by atoms with van der Waals surface area (Å²) in [5.74, 6) is -0.825. The molecule has 2 rings (SSSR count). The average Bonchev–Trinajstić information content (AvgIpc) is 2.72. The summed E-state index contributed by atoms with van der Waals surface area (Å²) in [7, 11) is -3.81. The normalized spacial score (nSPS) is 12.4. The molecule has 0 unspecified atom stereocenters. The van der Waals surface area contributed by atoms with E-state index in [0.29, 0.717) is 16.3 Å². The SMILES string of the molecule is Cc1c(Cl)cccc1N(CC(=O)N(Cc1ccc(Br)cc1)[C@H](C)C(=O)NC(C)C)S(C)(=O)=O. The van der Waals surface area contributed by atoms with Crippen LogP contribution in [-0.4, -0.2) is 50.0 Å². The van der Waals surface area contributed by atoms with Crippen LogP contribution in [0.3, 0.4) is 0 Å². The standard InChI is InChI=1S/C23H29BrClN3O4S/c1-15(2)26-23(30)17(4)27(13-18-9-11-19(24)12-10-18)22(29)14-28(33(5,31)32)21-8-6-7-20(25)16(21)3/h6-12,15,17H,13-14H2,1-5H3,(H,26,30)/t17-/m1/s1. The summed E-state index contributed by atoms with van der Waals surface area (Å²) in [5.41, 5.74) is 1.67. The smallest absolute Gasteiger partial charge is 0.244 e. The third-order valence-corrected chi connectivity index (χ3v) is 7.12. The van der Waals surface area contributed by atoms with E-state index in [-0.39, 0.29) is 18.5 Å². The summed E-state index contributed by atoms with van der Waals surface area (Å²) in [6.45, 7) is 6.67. The van der Waals surface area contributed by atoms with Gasteiger partial charge < -0.3 is 10.2 Å². The highest BCUT2D eigenvalue weighted by Gasteiger charge is 2.31. The zero-order valence-corrected chi connectivity index (χ0v) is 22.5. The van der Waals surface area contributed by atoms with E-state index in [1.54, 1.807) is 32.0 Å². The summed E-state index contributed by atoms with van der Waals surface area (Å²) in [5, 5.41) is 3.21. The van der Waals surface area contributed by atoms with Gasteiger partial charge in [0.1, 0.15) is 12.6 Å². The van der Waals surface area contributed by atoms with Crippen LogP contribution in [0.1, 0.15) is 31.9 Å². The molecule has 0 bridgehead atoms. The molecule has 10 heteroatoms. The first-order chi connectivity index (χ1) is 15.3. The molecular weight excluding hydrogens is 530 g/mol. The number of anilines is 1. The fourth-order valence-electron chi connectivity index (χ4n) is 3.24. The number of hydrogen-bond acceptors (Lipinski definition) is 4. The number of amides is 2. The molecule has 2 amide bonds. The van der Waals surface area contributed by atoms with E-state index in [2.05, 4.69) is 21.2 Å². The molecule has 7 nitrogen and oxygen atoms in total. The molecule has 0 saturated heterocycles. The van der Waals surface area contributed by atoms with Crippen molar-refractivity contribution in [2.45, 2.75) is 46.3 Å². The molecule has 2 aromatic carbocycles. The van der Waals surface area contributed by atoms with Gasteiger partial charge in [-0.3, -0.25) is 13.9 Å². The topological polar surface area (TPSA) is 86.8 Å². The van der Waals surface area contributed by atoms with Gasteiger partial charge in [0.15, 0.2) is 0 Å². The maximum absolute atomic E-state index is 13.5. The number of benzene rings is 2. The summed E-state index contributed by atoms with van der Waals surface area (Å²) in [4.78, 5) is 27.6. The summed E-state index contributed by atoms with van der Waals surface area (Å²) in [6, 6.07) is 11.3. The van der Waals surface area contributed by atoms with E-state index < -0.39 is 28.5 Å². The van der Waals surface area contributed by atoms with Gasteiger partial charge in [0.05, 0.1) is 11.9 Å². The highest BCUT2D eigenvalue weighted by atomic mass is 79.9. The average molecular weight is 559 g/mol.